The summed E-state index contributed by atoms with van der Waals surface area (Å²) in [5.41, 5.74) is 4.33. The Labute approximate surface area is 234 Å². The van der Waals surface area contributed by atoms with Gasteiger partial charge in [0.25, 0.3) is 5.91 Å². The monoisotopic (exact) mass is 622 g/mol. The van der Waals surface area contributed by atoms with E-state index in [1.807, 2.05) is 43.3 Å². The topological polar surface area (TPSA) is 54.9 Å². The Morgan fingerprint density at radius 1 is 1.11 bits per heavy atom. The number of quaternary nitrogens is 1. The lowest BCUT2D eigenvalue weighted by atomic mass is 9.90. The Morgan fingerprint density at radius 2 is 1.83 bits per heavy atom. The van der Waals surface area contributed by atoms with Crippen LogP contribution >= 0.6 is 23.2 Å². The second-order valence-electron chi connectivity index (χ2n) is 9.18. The molecule has 3 aromatic rings. The van der Waals surface area contributed by atoms with Crippen LogP contribution in [0, 0.1) is 6.92 Å². The third-order valence-electron chi connectivity index (χ3n) is 6.45. The summed E-state index contributed by atoms with van der Waals surface area (Å²) in [5.74, 6) is 0.0997. The molecule has 5 nitrogen and oxygen atoms in total. The van der Waals surface area contributed by atoms with Crippen molar-refractivity contribution in [1.29, 1.82) is 0 Å². The van der Waals surface area contributed by atoms with E-state index in [-0.39, 0.29) is 29.9 Å². The fraction of sp³-hybridized carbons (Fsp3) is 0.296. The molecule has 0 saturated carbocycles. The predicted octanol–water partition coefficient (Wildman–Crippen LogP) is 3.39. The average molecular weight is 623 g/mol. The number of likely N-dealkylation sites (N-methyl/N-ethyl adjacent to an activating group) is 1. The number of aryl methyl sites for hydroxylation is 1. The van der Waals surface area contributed by atoms with Gasteiger partial charge >= 0.3 is 0 Å². The van der Waals surface area contributed by atoms with Crippen molar-refractivity contribution in [3.05, 3.63) is 93.5 Å². The minimum atomic E-state index is -0.208. The van der Waals surface area contributed by atoms with Crippen LogP contribution < -0.4 is 29.3 Å². The minimum absolute atomic E-state index is 0. The standard InChI is InChI=1S/C27H28Cl2N4O.HI/c1-19-5-10-24(32-27(34)22-11-14-30-25(29)18-22)26(31-19)21-12-16-33(2,17-13-21)15-3-4-20-6-8-23(28)9-7-20;/h3-11,14,18,21H,12-13,15-17H2,1-2H3;1H/b4-3+;. The van der Waals surface area contributed by atoms with Gasteiger partial charge < -0.3 is 33.8 Å². The highest BCUT2D eigenvalue weighted by atomic mass is 127. The molecule has 1 fully saturated rings. The molecule has 0 radical (unpaired) electrons. The Kier molecular flexibility index (Phi) is 9.69. The first kappa shape index (κ1) is 27.6. The van der Waals surface area contributed by atoms with Crippen LogP contribution in [0.15, 0.2) is 60.8 Å². The van der Waals surface area contributed by atoms with Gasteiger partial charge in [-0.1, -0.05) is 41.4 Å². The van der Waals surface area contributed by atoms with E-state index in [9.17, 15) is 4.79 Å². The molecular formula is C27H29Cl2IN4O. The highest BCUT2D eigenvalue weighted by molar-refractivity contribution is 6.30. The van der Waals surface area contributed by atoms with E-state index in [1.165, 1.54) is 6.20 Å². The van der Waals surface area contributed by atoms with Crippen molar-refractivity contribution in [2.45, 2.75) is 25.7 Å². The number of benzene rings is 1. The molecule has 3 heterocycles. The lowest BCUT2D eigenvalue weighted by molar-refractivity contribution is -0.908. The van der Waals surface area contributed by atoms with Crippen LogP contribution in [0.1, 0.15) is 46.1 Å². The van der Waals surface area contributed by atoms with Gasteiger partial charge in [0.2, 0.25) is 0 Å². The van der Waals surface area contributed by atoms with Crippen LogP contribution in [0.5, 0.6) is 0 Å². The van der Waals surface area contributed by atoms with Crippen LogP contribution in [0.2, 0.25) is 10.2 Å². The molecule has 1 saturated heterocycles. The molecular weight excluding hydrogens is 594 g/mol. The molecule has 184 valence electrons. The molecule has 0 bridgehead atoms. The lowest BCUT2D eigenvalue weighted by Gasteiger charge is -2.40. The molecule has 4 rings (SSSR count). The predicted molar refractivity (Wildman–Crippen MR) is 139 cm³/mol. The zero-order chi connectivity index (χ0) is 24.1. The minimum Gasteiger partial charge on any atom is -1.00 e. The number of hydrogen-bond acceptors (Lipinski definition) is 3. The SMILES string of the molecule is Cc1ccc(NC(=O)c2ccnc(Cl)c2)c(C2CC[N+](C)(C/C=C/c3ccc(Cl)cc3)CC2)n1.[I-]. The number of pyridine rings is 2. The average Bonchev–Trinajstić information content (AvgIpc) is 2.82. The summed E-state index contributed by atoms with van der Waals surface area (Å²) in [6, 6.07) is 15.0. The van der Waals surface area contributed by atoms with Crippen LogP contribution in [0.4, 0.5) is 5.69 Å². The lowest BCUT2D eigenvalue weighted by Crippen LogP contribution is -3.00. The third kappa shape index (κ3) is 7.49. The number of carbonyl (C=O) groups is 1. The Bertz CT molecular complexity index is 1190. The van der Waals surface area contributed by atoms with E-state index >= 15 is 0 Å². The number of likely N-dealkylation sites (tertiary alicyclic amines) is 1. The van der Waals surface area contributed by atoms with Crippen molar-refractivity contribution in [1.82, 2.24) is 9.97 Å². The zero-order valence-electron chi connectivity index (χ0n) is 19.8. The Balaban J connectivity index is 0.00000342. The molecule has 0 unspecified atom stereocenters. The summed E-state index contributed by atoms with van der Waals surface area (Å²) in [7, 11) is 2.31. The van der Waals surface area contributed by atoms with Gasteiger partial charge in [0.15, 0.2) is 0 Å². The van der Waals surface area contributed by atoms with Crippen LogP contribution in [0.25, 0.3) is 6.08 Å². The molecule has 0 atom stereocenters. The Morgan fingerprint density at radius 3 is 2.51 bits per heavy atom. The fourth-order valence-electron chi connectivity index (χ4n) is 4.40. The molecule has 0 spiro atoms. The van der Waals surface area contributed by atoms with Crippen molar-refractivity contribution in [3.63, 3.8) is 0 Å². The van der Waals surface area contributed by atoms with Gasteiger partial charge in [0.05, 0.1) is 38.1 Å². The molecule has 1 aliphatic rings. The van der Waals surface area contributed by atoms with Crippen molar-refractivity contribution in [3.8, 4) is 0 Å². The second kappa shape index (κ2) is 12.3. The molecule has 1 N–H and O–H groups in total. The van der Waals surface area contributed by atoms with Gasteiger partial charge in [-0.2, -0.15) is 0 Å². The maximum Gasteiger partial charge on any atom is 0.255 e. The number of nitrogens with one attached hydrogen (secondary N) is 1. The van der Waals surface area contributed by atoms with E-state index in [2.05, 4.69) is 29.5 Å². The fourth-order valence-corrected chi connectivity index (χ4v) is 4.70. The van der Waals surface area contributed by atoms with E-state index in [4.69, 9.17) is 28.2 Å². The van der Waals surface area contributed by atoms with Gasteiger partial charge in [-0.3, -0.25) is 9.78 Å². The van der Waals surface area contributed by atoms with Crippen molar-refractivity contribution in [2.75, 3.05) is 32.0 Å². The number of anilines is 1. The first-order chi connectivity index (χ1) is 16.3. The molecule has 35 heavy (non-hydrogen) atoms. The Hall–Kier alpha value is -2.00. The van der Waals surface area contributed by atoms with E-state index in [0.717, 1.165) is 64.6 Å². The number of carbonyl (C=O) groups excluding carboxylic acids is 1. The molecule has 2 aromatic heterocycles. The number of rotatable bonds is 6. The number of amides is 1. The van der Waals surface area contributed by atoms with E-state index in [1.54, 1.807) is 12.1 Å². The number of aromatic nitrogens is 2. The largest absolute Gasteiger partial charge is 1.00 e. The summed E-state index contributed by atoms with van der Waals surface area (Å²) in [4.78, 5) is 21.6. The number of piperidine rings is 1. The van der Waals surface area contributed by atoms with Crippen molar-refractivity contribution >= 4 is 40.9 Å². The maximum atomic E-state index is 12.8. The molecule has 1 amide bonds. The number of halogens is 3. The van der Waals surface area contributed by atoms with Gasteiger partial charge in [-0.05, 0) is 55.0 Å². The zero-order valence-corrected chi connectivity index (χ0v) is 23.5. The van der Waals surface area contributed by atoms with Crippen LogP contribution in [-0.4, -0.2) is 47.0 Å². The van der Waals surface area contributed by atoms with Crippen LogP contribution in [-0.2, 0) is 0 Å². The quantitative estimate of drug-likeness (QED) is 0.261. The van der Waals surface area contributed by atoms with E-state index in [0.29, 0.717) is 16.6 Å². The van der Waals surface area contributed by atoms with Gasteiger partial charge in [0.1, 0.15) is 5.15 Å². The summed E-state index contributed by atoms with van der Waals surface area (Å²) >= 11 is 11.9. The van der Waals surface area contributed by atoms with E-state index < -0.39 is 0 Å². The molecule has 8 heteroatoms. The summed E-state index contributed by atoms with van der Waals surface area (Å²) in [5, 5.41) is 4.09. The molecule has 1 aliphatic heterocycles. The molecule has 1 aromatic carbocycles. The van der Waals surface area contributed by atoms with Crippen molar-refractivity contribution in [2.24, 2.45) is 0 Å². The number of hydrogen-bond donors (Lipinski definition) is 1. The highest BCUT2D eigenvalue weighted by Crippen LogP contribution is 2.34. The number of nitrogens with zero attached hydrogens (tertiary/aromatic N) is 3. The summed E-state index contributed by atoms with van der Waals surface area (Å²) in [6.07, 6.45) is 7.98. The highest BCUT2D eigenvalue weighted by Gasteiger charge is 2.32. The second-order valence-corrected chi connectivity index (χ2v) is 10.0. The summed E-state index contributed by atoms with van der Waals surface area (Å²) in [6.45, 7) is 5.07. The van der Waals surface area contributed by atoms with Crippen molar-refractivity contribution < 1.29 is 33.3 Å². The normalized spacial score (nSPS) is 19.8. The third-order valence-corrected chi connectivity index (χ3v) is 6.91. The summed E-state index contributed by atoms with van der Waals surface area (Å²) < 4.78 is 0.990. The first-order valence-electron chi connectivity index (χ1n) is 11.5. The maximum absolute atomic E-state index is 12.8. The smallest absolute Gasteiger partial charge is 0.255 e. The first-order valence-corrected chi connectivity index (χ1v) is 12.2. The van der Waals surface area contributed by atoms with Gasteiger partial charge in [0, 0.05) is 41.2 Å². The molecule has 0 aliphatic carbocycles. The van der Waals surface area contributed by atoms with Gasteiger partial charge in [-0.25, -0.2) is 4.98 Å². The van der Waals surface area contributed by atoms with Crippen LogP contribution in [0.3, 0.4) is 0 Å². The van der Waals surface area contributed by atoms with Gasteiger partial charge in [-0.15, -0.1) is 0 Å².